The number of nitrogens with one attached hydrogen (secondary N) is 1. The van der Waals surface area contributed by atoms with Crippen LogP contribution in [0.3, 0.4) is 0 Å². The average Bonchev–Trinajstić information content (AvgIpc) is 2.96. The number of benzene rings is 1. The highest BCUT2D eigenvalue weighted by Gasteiger charge is 2.09. The van der Waals surface area contributed by atoms with Gasteiger partial charge in [-0.1, -0.05) is 23.4 Å². The van der Waals surface area contributed by atoms with E-state index in [2.05, 4.69) is 20.8 Å². The molecular formula is C14H20ClN5O2S. The molecule has 0 unspecified atom stereocenters. The van der Waals surface area contributed by atoms with Crippen LogP contribution in [0.2, 0.25) is 5.02 Å². The van der Waals surface area contributed by atoms with E-state index in [1.54, 1.807) is 36.7 Å². The lowest BCUT2D eigenvalue weighted by Crippen LogP contribution is -2.15. The standard InChI is InChI=1S/C14H20ClN5O2S/c1-20-14(17-18-19-20)23-6-4-5-16-9-10-7-12(21-2)13(22-3)8-11(10)15/h7-8,16H,4-6,9H2,1-3H3. The van der Waals surface area contributed by atoms with Gasteiger partial charge >= 0.3 is 0 Å². The molecule has 23 heavy (non-hydrogen) atoms. The summed E-state index contributed by atoms with van der Waals surface area (Å²) >= 11 is 7.90. The van der Waals surface area contributed by atoms with E-state index in [-0.39, 0.29) is 0 Å². The first-order chi connectivity index (χ1) is 11.2. The number of methoxy groups -OCH3 is 2. The Morgan fingerprint density at radius 1 is 1.26 bits per heavy atom. The van der Waals surface area contributed by atoms with Gasteiger partial charge in [0.2, 0.25) is 5.16 Å². The fourth-order valence-corrected chi connectivity index (χ4v) is 2.97. The minimum Gasteiger partial charge on any atom is -0.493 e. The van der Waals surface area contributed by atoms with E-state index in [1.807, 2.05) is 13.1 Å². The second-order valence-corrected chi connectivity index (χ2v) is 6.23. The molecule has 0 spiro atoms. The molecule has 7 nitrogen and oxygen atoms in total. The monoisotopic (exact) mass is 357 g/mol. The van der Waals surface area contributed by atoms with Gasteiger partial charge in [0.1, 0.15) is 0 Å². The molecule has 1 aromatic heterocycles. The van der Waals surface area contributed by atoms with Gasteiger partial charge in [-0.2, -0.15) is 0 Å². The zero-order chi connectivity index (χ0) is 16.7. The van der Waals surface area contributed by atoms with Gasteiger partial charge in [-0.05, 0) is 35.0 Å². The number of hydrogen-bond acceptors (Lipinski definition) is 7. The molecule has 0 atom stereocenters. The summed E-state index contributed by atoms with van der Waals surface area (Å²) in [6.07, 6.45) is 1.00. The van der Waals surface area contributed by atoms with Crippen molar-refractivity contribution >= 4 is 23.4 Å². The summed E-state index contributed by atoms with van der Waals surface area (Å²) in [5.74, 6) is 2.26. The maximum atomic E-state index is 6.26. The molecule has 0 bridgehead atoms. The van der Waals surface area contributed by atoms with Crippen LogP contribution in [0.5, 0.6) is 11.5 Å². The molecule has 0 aliphatic heterocycles. The normalized spacial score (nSPS) is 10.8. The molecule has 0 aliphatic rings. The van der Waals surface area contributed by atoms with Crippen LogP contribution in [0.1, 0.15) is 12.0 Å². The zero-order valence-electron chi connectivity index (χ0n) is 13.4. The molecule has 0 amide bonds. The van der Waals surface area contributed by atoms with E-state index >= 15 is 0 Å². The number of aromatic nitrogens is 4. The maximum Gasteiger partial charge on any atom is 0.209 e. The lowest BCUT2D eigenvalue weighted by molar-refractivity contribution is 0.354. The number of hydrogen-bond donors (Lipinski definition) is 1. The van der Waals surface area contributed by atoms with Crippen molar-refractivity contribution in [3.63, 3.8) is 0 Å². The highest BCUT2D eigenvalue weighted by atomic mass is 35.5. The summed E-state index contributed by atoms with van der Waals surface area (Å²) in [6.45, 7) is 1.55. The van der Waals surface area contributed by atoms with Gasteiger partial charge in [0.25, 0.3) is 0 Å². The van der Waals surface area contributed by atoms with Crippen molar-refractivity contribution in [3.8, 4) is 11.5 Å². The smallest absolute Gasteiger partial charge is 0.209 e. The molecule has 9 heteroatoms. The van der Waals surface area contributed by atoms with Crippen LogP contribution >= 0.6 is 23.4 Å². The van der Waals surface area contributed by atoms with Crippen LogP contribution in [-0.4, -0.2) is 46.7 Å². The number of nitrogens with zero attached hydrogens (tertiary/aromatic N) is 4. The Hall–Kier alpha value is -1.51. The summed E-state index contributed by atoms with van der Waals surface area (Å²) < 4.78 is 12.2. The Balaban J connectivity index is 1.75. The highest BCUT2D eigenvalue weighted by Crippen LogP contribution is 2.32. The highest BCUT2D eigenvalue weighted by molar-refractivity contribution is 7.99. The third-order valence-electron chi connectivity index (χ3n) is 3.18. The van der Waals surface area contributed by atoms with Crippen molar-refractivity contribution in [1.82, 2.24) is 25.5 Å². The van der Waals surface area contributed by atoms with Crippen molar-refractivity contribution < 1.29 is 9.47 Å². The van der Waals surface area contributed by atoms with Crippen molar-refractivity contribution in [1.29, 1.82) is 0 Å². The van der Waals surface area contributed by atoms with Crippen molar-refractivity contribution in [2.45, 2.75) is 18.1 Å². The average molecular weight is 358 g/mol. The summed E-state index contributed by atoms with van der Waals surface area (Å²) in [5.41, 5.74) is 0.981. The SMILES string of the molecule is COc1cc(Cl)c(CNCCCSc2nnnn2C)cc1OC. The maximum absolute atomic E-state index is 6.26. The molecule has 0 saturated heterocycles. The van der Waals surface area contributed by atoms with Gasteiger partial charge in [0.15, 0.2) is 11.5 Å². The third-order valence-corrected chi connectivity index (χ3v) is 4.63. The van der Waals surface area contributed by atoms with Gasteiger partial charge in [0.05, 0.1) is 14.2 Å². The summed E-state index contributed by atoms with van der Waals surface area (Å²) in [4.78, 5) is 0. The van der Waals surface area contributed by atoms with Crippen molar-refractivity contribution in [2.24, 2.45) is 7.05 Å². The van der Waals surface area contributed by atoms with Gasteiger partial charge in [-0.3, -0.25) is 0 Å². The Bertz CT molecular complexity index is 638. The van der Waals surface area contributed by atoms with Gasteiger partial charge in [0, 0.05) is 30.4 Å². The molecule has 0 fully saturated rings. The molecule has 0 saturated carbocycles. The van der Waals surface area contributed by atoms with Crippen LogP contribution in [0.25, 0.3) is 0 Å². The number of aryl methyl sites for hydroxylation is 1. The van der Waals surface area contributed by atoms with Crippen LogP contribution in [0.4, 0.5) is 0 Å². The quantitative estimate of drug-likeness (QED) is 0.544. The van der Waals surface area contributed by atoms with Gasteiger partial charge < -0.3 is 14.8 Å². The summed E-state index contributed by atoms with van der Waals surface area (Å²) in [6, 6.07) is 3.67. The van der Waals surface area contributed by atoms with E-state index in [0.717, 1.165) is 29.4 Å². The third kappa shape index (κ3) is 4.98. The minimum absolute atomic E-state index is 0.634. The predicted octanol–water partition coefficient (Wildman–Crippen LogP) is 2.15. The lowest BCUT2D eigenvalue weighted by Gasteiger charge is -2.12. The van der Waals surface area contributed by atoms with E-state index in [1.165, 1.54) is 0 Å². The Morgan fingerprint density at radius 2 is 2.00 bits per heavy atom. The second-order valence-electron chi connectivity index (χ2n) is 4.76. The molecule has 1 aromatic carbocycles. The first-order valence-electron chi connectivity index (χ1n) is 7.12. The fraction of sp³-hybridized carbons (Fsp3) is 0.500. The molecule has 126 valence electrons. The molecule has 2 rings (SSSR count). The summed E-state index contributed by atoms with van der Waals surface area (Å²) in [7, 11) is 5.04. The van der Waals surface area contributed by atoms with E-state index in [4.69, 9.17) is 21.1 Å². The Kier molecular flexibility index (Phi) is 6.94. The van der Waals surface area contributed by atoms with E-state index in [0.29, 0.717) is 23.1 Å². The molecular weight excluding hydrogens is 338 g/mol. The summed E-state index contributed by atoms with van der Waals surface area (Å²) in [5, 5.41) is 16.2. The molecule has 1 N–H and O–H groups in total. The topological polar surface area (TPSA) is 74.1 Å². The fourth-order valence-electron chi connectivity index (χ4n) is 1.96. The number of ether oxygens (including phenoxy) is 2. The van der Waals surface area contributed by atoms with Crippen LogP contribution < -0.4 is 14.8 Å². The number of thioether (sulfide) groups is 1. The van der Waals surface area contributed by atoms with Crippen molar-refractivity contribution in [3.05, 3.63) is 22.7 Å². The largest absolute Gasteiger partial charge is 0.493 e. The van der Waals surface area contributed by atoms with Crippen LogP contribution in [-0.2, 0) is 13.6 Å². The first-order valence-corrected chi connectivity index (χ1v) is 8.48. The Labute approximate surface area is 144 Å². The molecule has 2 aromatic rings. The Morgan fingerprint density at radius 3 is 2.65 bits per heavy atom. The molecule has 1 heterocycles. The van der Waals surface area contributed by atoms with E-state index in [9.17, 15) is 0 Å². The second kappa shape index (κ2) is 8.95. The number of rotatable bonds is 9. The van der Waals surface area contributed by atoms with Crippen molar-refractivity contribution in [2.75, 3.05) is 26.5 Å². The van der Waals surface area contributed by atoms with Gasteiger partial charge in [-0.15, -0.1) is 5.10 Å². The first kappa shape index (κ1) is 17.8. The number of tetrazole rings is 1. The lowest BCUT2D eigenvalue weighted by atomic mass is 10.2. The zero-order valence-corrected chi connectivity index (χ0v) is 14.9. The number of halogens is 1. The predicted molar refractivity (Wildman–Crippen MR) is 90.4 cm³/mol. The van der Waals surface area contributed by atoms with E-state index < -0.39 is 0 Å². The molecule has 0 radical (unpaired) electrons. The minimum atomic E-state index is 0.634. The van der Waals surface area contributed by atoms with Gasteiger partial charge in [-0.25, -0.2) is 4.68 Å². The molecule has 0 aliphatic carbocycles. The van der Waals surface area contributed by atoms with Crippen LogP contribution in [0, 0.1) is 0 Å². The van der Waals surface area contributed by atoms with Crippen LogP contribution in [0.15, 0.2) is 17.3 Å².